The molecule has 0 aliphatic carbocycles. The van der Waals surface area contributed by atoms with Gasteiger partial charge in [0.2, 0.25) is 5.91 Å². The summed E-state index contributed by atoms with van der Waals surface area (Å²) in [5, 5.41) is 11.0. The molecule has 0 rings (SSSR count). The zero-order valence-electron chi connectivity index (χ0n) is 29.8. The number of carbonyl (C=O) groups excluding carboxylic acids is 2. The van der Waals surface area contributed by atoms with Crippen LogP contribution in [0.25, 0.3) is 0 Å². The molecule has 0 aromatic heterocycles. The van der Waals surface area contributed by atoms with E-state index in [2.05, 4.69) is 10.1 Å². The first-order chi connectivity index (χ1) is 24.6. The summed E-state index contributed by atoms with van der Waals surface area (Å²) in [6.07, 6.45) is 1.21. The Hall–Kier alpha value is -2.07. The van der Waals surface area contributed by atoms with Gasteiger partial charge in [0.15, 0.2) is 0 Å². The van der Waals surface area contributed by atoms with Crippen molar-refractivity contribution in [1.82, 2.24) is 5.32 Å². The lowest BCUT2D eigenvalue weighted by atomic mass is 10.3. The van der Waals surface area contributed by atoms with Gasteiger partial charge in [0.05, 0.1) is 145 Å². The second kappa shape index (κ2) is 41.4. The molecule has 2 N–H and O–H groups in total. The predicted octanol–water partition coefficient (Wildman–Crippen LogP) is -0.270. The third-order valence-electron chi connectivity index (χ3n) is 5.69. The molecule has 0 bridgehead atoms. The number of rotatable bonds is 42. The molecule has 0 aliphatic heterocycles. The van der Waals surface area contributed by atoms with E-state index in [-0.39, 0.29) is 19.2 Å². The number of amides is 1. The van der Waals surface area contributed by atoms with E-state index < -0.39 is 18.5 Å². The van der Waals surface area contributed by atoms with E-state index in [1.807, 2.05) is 6.92 Å². The van der Waals surface area contributed by atoms with Gasteiger partial charge in [0.1, 0.15) is 19.8 Å². The Kier molecular flexibility index (Phi) is 39.6. The number of nitrogens with one attached hydrogen (secondary N) is 1. The Morgan fingerprint density at radius 2 is 0.720 bits per heavy atom. The lowest BCUT2D eigenvalue weighted by molar-refractivity contribution is -0.145. The minimum absolute atomic E-state index is 0.197. The zero-order valence-corrected chi connectivity index (χ0v) is 29.8. The van der Waals surface area contributed by atoms with Crippen LogP contribution in [0.4, 0.5) is 0 Å². The minimum Gasteiger partial charge on any atom is -0.480 e. The number of hydrogen-bond donors (Lipinski definition) is 2. The van der Waals surface area contributed by atoms with Gasteiger partial charge in [-0.1, -0.05) is 6.92 Å². The molecule has 0 fully saturated rings. The van der Waals surface area contributed by atoms with Crippen LogP contribution in [0.2, 0.25) is 0 Å². The van der Waals surface area contributed by atoms with Gasteiger partial charge in [-0.3, -0.25) is 9.59 Å². The monoisotopic (exact) mass is 731 g/mol. The van der Waals surface area contributed by atoms with Crippen molar-refractivity contribution in [1.29, 1.82) is 0 Å². The number of esters is 1. The van der Waals surface area contributed by atoms with Crippen LogP contribution in [-0.2, 0) is 76.0 Å². The zero-order chi connectivity index (χ0) is 36.4. The molecule has 0 unspecified atom stereocenters. The first-order valence-electron chi connectivity index (χ1n) is 17.1. The summed E-state index contributed by atoms with van der Waals surface area (Å²) < 4.78 is 69.2. The van der Waals surface area contributed by atoms with Crippen molar-refractivity contribution in [2.24, 2.45) is 0 Å². The molecule has 18 heteroatoms. The van der Waals surface area contributed by atoms with Gasteiger partial charge in [-0.2, -0.15) is 0 Å². The largest absolute Gasteiger partial charge is 0.480 e. The van der Waals surface area contributed by atoms with Crippen LogP contribution >= 0.6 is 0 Å². The molecule has 0 heterocycles. The summed E-state index contributed by atoms with van der Waals surface area (Å²) in [5.74, 6) is -1.72. The van der Waals surface area contributed by atoms with Gasteiger partial charge in [-0.25, -0.2) is 4.79 Å². The SMILES string of the molecule is CCCC(=O)OCCOCCOCCOCCOCCOCCOCCOCCOCCOCCOCCOCCNC(=O)COCC(=O)O. The van der Waals surface area contributed by atoms with E-state index in [4.69, 9.17) is 61.9 Å². The second-order valence-corrected chi connectivity index (χ2v) is 9.94. The smallest absolute Gasteiger partial charge is 0.329 e. The second-order valence-electron chi connectivity index (χ2n) is 9.94. The fourth-order valence-electron chi connectivity index (χ4n) is 3.34. The van der Waals surface area contributed by atoms with Gasteiger partial charge < -0.3 is 72.0 Å². The first-order valence-corrected chi connectivity index (χ1v) is 17.1. The molecule has 0 saturated carbocycles. The number of ether oxygens (including phenoxy) is 13. The highest BCUT2D eigenvalue weighted by atomic mass is 16.6. The topological polar surface area (TPSA) is 203 Å². The van der Waals surface area contributed by atoms with Gasteiger partial charge in [-0.15, -0.1) is 0 Å². The standard InChI is InChI=1S/C32H61NO17/c1-2-3-32(37)50-27-26-48-25-24-47-23-22-46-21-20-45-19-18-44-17-16-43-15-14-42-13-12-41-11-10-40-9-8-39-7-6-38-5-4-33-30(34)28-49-29-31(35)36/h2-29H2,1H3,(H,33,34)(H,35,36). The quantitative estimate of drug-likeness (QED) is 0.0613. The van der Waals surface area contributed by atoms with Crippen molar-refractivity contribution < 1.29 is 81.1 Å². The van der Waals surface area contributed by atoms with Gasteiger partial charge in [0, 0.05) is 13.0 Å². The fourth-order valence-corrected chi connectivity index (χ4v) is 3.34. The highest BCUT2D eigenvalue weighted by Gasteiger charge is 2.03. The molecule has 0 aromatic carbocycles. The first kappa shape index (κ1) is 47.9. The molecule has 0 aromatic rings. The lowest BCUT2D eigenvalue weighted by Gasteiger charge is -2.09. The summed E-state index contributed by atoms with van der Waals surface area (Å²) >= 11 is 0. The van der Waals surface area contributed by atoms with Crippen LogP contribution < -0.4 is 5.32 Å². The minimum atomic E-state index is -1.13. The summed E-state index contributed by atoms with van der Waals surface area (Å²) in [6.45, 7) is 11.5. The van der Waals surface area contributed by atoms with Crippen molar-refractivity contribution in [3.63, 3.8) is 0 Å². The van der Waals surface area contributed by atoms with E-state index in [0.29, 0.717) is 158 Å². The maximum atomic E-state index is 11.4. The average Bonchev–Trinajstić information content (AvgIpc) is 3.09. The van der Waals surface area contributed by atoms with Crippen molar-refractivity contribution in [2.75, 3.05) is 172 Å². The number of carbonyl (C=O) groups is 3. The van der Waals surface area contributed by atoms with E-state index in [0.717, 1.165) is 6.42 Å². The Bertz CT molecular complexity index is 750. The number of carboxylic acids is 1. The number of carboxylic acid groups (broad SMARTS) is 1. The van der Waals surface area contributed by atoms with E-state index in [1.54, 1.807) is 0 Å². The Morgan fingerprint density at radius 1 is 0.420 bits per heavy atom. The van der Waals surface area contributed by atoms with Crippen molar-refractivity contribution >= 4 is 17.8 Å². The Labute approximate surface area is 295 Å². The van der Waals surface area contributed by atoms with Crippen molar-refractivity contribution in [3.8, 4) is 0 Å². The third kappa shape index (κ3) is 42.1. The van der Waals surface area contributed by atoms with Crippen LogP contribution in [-0.4, -0.2) is 195 Å². The maximum Gasteiger partial charge on any atom is 0.329 e. The normalized spacial score (nSPS) is 11.2. The maximum absolute atomic E-state index is 11.4. The van der Waals surface area contributed by atoms with E-state index >= 15 is 0 Å². The summed E-state index contributed by atoms with van der Waals surface area (Å²) in [6, 6.07) is 0. The summed E-state index contributed by atoms with van der Waals surface area (Å²) in [7, 11) is 0. The highest BCUT2D eigenvalue weighted by Crippen LogP contribution is 1.91. The van der Waals surface area contributed by atoms with Gasteiger partial charge in [-0.05, 0) is 6.42 Å². The van der Waals surface area contributed by atoms with Crippen LogP contribution in [0.1, 0.15) is 19.8 Å². The molecule has 0 saturated heterocycles. The average molecular weight is 732 g/mol. The van der Waals surface area contributed by atoms with Crippen LogP contribution in [0.15, 0.2) is 0 Å². The molecular weight excluding hydrogens is 670 g/mol. The lowest BCUT2D eigenvalue weighted by Crippen LogP contribution is -2.31. The predicted molar refractivity (Wildman–Crippen MR) is 176 cm³/mol. The molecule has 0 spiro atoms. The van der Waals surface area contributed by atoms with Crippen LogP contribution in [0.5, 0.6) is 0 Å². The van der Waals surface area contributed by atoms with Gasteiger partial charge >= 0.3 is 11.9 Å². The molecule has 0 atom stereocenters. The Balaban J connectivity index is 3.10. The molecule has 18 nitrogen and oxygen atoms in total. The Morgan fingerprint density at radius 3 is 1.02 bits per heavy atom. The highest BCUT2D eigenvalue weighted by molar-refractivity contribution is 5.77. The molecule has 1 amide bonds. The van der Waals surface area contributed by atoms with Crippen molar-refractivity contribution in [3.05, 3.63) is 0 Å². The van der Waals surface area contributed by atoms with E-state index in [1.165, 1.54) is 0 Å². The molecule has 0 aliphatic rings. The third-order valence-corrected chi connectivity index (χ3v) is 5.69. The number of aliphatic carboxylic acids is 1. The van der Waals surface area contributed by atoms with Gasteiger partial charge in [0.25, 0.3) is 0 Å². The van der Waals surface area contributed by atoms with E-state index in [9.17, 15) is 14.4 Å². The summed E-state index contributed by atoms with van der Waals surface area (Å²) in [5.41, 5.74) is 0. The fraction of sp³-hybridized carbons (Fsp3) is 0.906. The summed E-state index contributed by atoms with van der Waals surface area (Å²) in [4.78, 5) is 32.8. The van der Waals surface area contributed by atoms with Crippen LogP contribution in [0.3, 0.4) is 0 Å². The van der Waals surface area contributed by atoms with Crippen LogP contribution in [0, 0.1) is 0 Å². The molecule has 296 valence electrons. The van der Waals surface area contributed by atoms with Crippen molar-refractivity contribution in [2.45, 2.75) is 19.8 Å². The number of hydrogen-bond acceptors (Lipinski definition) is 16. The molecular formula is C32H61NO17. The molecule has 0 radical (unpaired) electrons. The molecule has 50 heavy (non-hydrogen) atoms.